The number of carboxylic acid groups (broad SMARTS) is 1. The highest BCUT2D eigenvalue weighted by atomic mass is 32.2. The summed E-state index contributed by atoms with van der Waals surface area (Å²) in [6.45, 7) is 0. The maximum atomic E-state index is 13.0. The van der Waals surface area contributed by atoms with Crippen LogP contribution in [0.2, 0.25) is 0 Å². The van der Waals surface area contributed by atoms with E-state index in [1.165, 1.54) is 12.1 Å². The summed E-state index contributed by atoms with van der Waals surface area (Å²) in [5.74, 6) is -1.07. The van der Waals surface area contributed by atoms with Crippen LogP contribution in [0.5, 0.6) is 0 Å². The topological polar surface area (TPSA) is 63.1 Å². The van der Waals surface area contributed by atoms with E-state index < -0.39 is 17.7 Å². The van der Waals surface area contributed by atoms with Gasteiger partial charge >= 0.3 is 12.1 Å². The van der Waals surface area contributed by atoms with Gasteiger partial charge in [-0.25, -0.2) is 14.8 Å². The van der Waals surface area contributed by atoms with Crippen LogP contribution in [-0.4, -0.2) is 27.3 Å². The lowest BCUT2D eigenvalue weighted by Crippen LogP contribution is -2.13. The molecular formula is C15H13F3N2O2S. The van der Waals surface area contributed by atoms with E-state index in [1.807, 2.05) is 0 Å². The molecule has 0 amide bonds. The van der Waals surface area contributed by atoms with Crippen molar-refractivity contribution in [2.75, 3.05) is 6.26 Å². The molecule has 4 nitrogen and oxygen atoms in total. The maximum Gasteiger partial charge on any atom is 0.419 e. The quantitative estimate of drug-likeness (QED) is 0.663. The third-order valence-corrected chi connectivity index (χ3v) is 3.72. The van der Waals surface area contributed by atoms with Gasteiger partial charge < -0.3 is 5.11 Å². The Labute approximate surface area is 134 Å². The Kier molecular flexibility index (Phi) is 5.25. The van der Waals surface area contributed by atoms with Gasteiger partial charge in [0, 0.05) is 6.20 Å². The van der Waals surface area contributed by atoms with Crippen molar-refractivity contribution in [3.05, 3.63) is 52.8 Å². The molecule has 0 bridgehead atoms. The van der Waals surface area contributed by atoms with Crippen LogP contribution in [0.1, 0.15) is 27.2 Å². The highest BCUT2D eigenvalue weighted by Crippen LogP contribution is 2.32. The van der Waals surface area contributed by atoms with E-state index in [0.717, 1.165) is 18.0 Å². The Morgan fingerprint density at radius 3 is 2.65 bits per heavy atom. The van der Waals surface area contributed by atoms with Gasteiger partial charge in [-0.15, -0.1) is 0 Å². The first-order valence-electron chi connectivity index (χ1n) is 6.60. The van der Waals surface area contributed by atoms with Crippen molar-refractivity contribution >= 4 is 17.7 Å². The molecule has 2 aromatic rings. The number of thioether (sulfide) groups is 1. The molecule has 1 aromatic heterocycles. The zero-order valence-corrected chi connectivity index (χ0v) is 12.9. The summed E-state index contributed by atoms with van der Waals surface area (Å²) in [5.41, 5.74) is -0.198. The maximum absolute atomic E-state index is 13.0. The summed E-state index contributed by atoms with van der Waals surface area (Å²) < 4.78 is 39.0. The van der Waals surface area contributed by atoms with E-state index in [-0.39, 0.29) is 29.3 Å². The van der Waals surface area contributed by atoms with Crippen LogP contribution < -0.4 is 0 Å². The van der Waals surface area contributed by atoms with Gasteiger partial charge in [0.05, 0.1) is 16.8 Å². The van der Waals surface area contributed by atoms with Crippen LogP contribution in [0.25, 0.3) is 0 Å². The number of rotatable bonds is 5. The second-order valence-electron chi connectivity index (χ2n) is 4.72. The standard InChI is InChI=1S/C15H13F3N2O2S/c1-23-14-19-8-11(15(16,17)18)12(20-14)6-5-9-3-2-4-10(7-9)13(21)22/h2-4,7-8H,5-6H2,1H3,(H,21,22). The van der Waals surface area contributed by atoms with Crippen LogP contribution in [-0.2, 0) is 19.0 Å². The third kappa shape index (κ3) is 4.44. The number of carboxylic acids is 1. The predicted molar refractivity (Wildman–Crippen MR) is 79.6 cm³/mol. The summed E-state index contributed by atoms with van der Waals surface area (Å²) in [4.78, 5) is 18.5. The minimum atomic E-state index is -4.52. The van der Waals surface area contributed by atoms with E-state index in [0.29, 0.717) is 5.56 Å². The lowest BCUT2D eigenvalue weighted by molar-refractivity contribution is -0.138. The summed E-state index contributed by atoms with van der Waals surface area (Å²) in [6, 6.07) is 6.13. The number of hydrogen-bond donors (Lipinski definition) is 1. The van der Waals surface area contributed by atoms with E-state index in [4.69, 9.17) is 5.11 Å². The Morgan fingerprint density at radius 1 is 1.30 bits per heavy atom. The molecule has 0 aliphatic rings. The summed E-state index contributed by atoms with van der Waals surface area (Å²) in [7, 11) is 0. The lowest BCUT2D eigenvalue weighted by Gasteiger charge is -2.12. The number of aromatic nitrogens is 2. The molecule has 0 unspecified atom stereocenters. The third-order valence-electron chi connectivity index (χ3n) is 3.16. The Balaban J connectivity index is 2.25. The Morgan fingerprint density at radius 2 is 2.04 bits per heavy atom. The first-order valence-corrected chi connectivity index (χ1v) is 7.83. The first kappa shape index (κ1) is 17.3. The van der Waals surface area contributed by atoms with Gasteiger partial charge in [-0.3, -0.25) is 0 Å². The molecule has 0 aliphatic heterocycles. The molecule has 1 aromatic carbocycles. The zero-order chi connectivity index (χ0) is 17.0. The van der Waals surface area contributed by atoms with Gasteiger partial charge in [0.2, 0.25) is 0 Å². The monoisotopic (exact) mass is 342 g/mol. The number of carbonyl (C=O) groups is 1. The second-order valence-corrected chi connectivity index (χ2v) is 5.49. The van der Waals surface area contributed by atoms with Crippen molar-refractivity contribution in [3.63, 3.8) is 0 Å². The highest BCUT2D eigenvalue weighted by molar-refractivity contribution is 7.98. The summed E-state index contributed by atoms with van der Waals surface area (Å²) in [6.07, 6.45) is -1.73. The molecule has 122 valence electrons. The van der Waals surface area contributed by atoms with Crippen LogP contribution in [0, 0.1) is 0 Å². The molecule has 0 aliphatic carbocycles. The largest absolute Gasteiger partial charge is 0.478 e. The average Bonchev–Trinajstić information content (AvgIpc) is 2.52. The van der Waals surface area contributed by atoms with Crippen LogP contribution in [0.4, 0.5) is 13.2 Å². The molecular weight excluding hydrogens is 329 g/mol. The van der Waals surface area contributed by atoms with Crippen molar-refractivity contribution < 1.29 is 23.1 Å². The van der Waals surface area contributed by atoms with E-state index in [9.17, 15) is 18.0 Å². The zero-order valence-electron chi connectivity index (χ0n) is 12.1. The van der Waals surface area contributed by atoms with Crippen molar-refractivity contribution in [1.82, 2.24) is 9.97 Å². The van der Waals surface area contributed by atoms with Gasteiger partial charge in [0.1, 0.15) is 0 Å². The Bertz CT molecular complexity index is 720. The van der Waals surface area contributed by atoms with Gasteiger partial charge in [-0.05, 0) is 36.8 Å². The summed E-state index contributed by atoms with van der Waals surface area (Å²) >= 11 is 1.16. The van der Waals surface area contributed by atoms with Gasteiger partial charge in [0.25, 0.3) is 0 Å². The summed E-state index contributed by atoms with van der Waals surface area (Å²) in [5, 5.41) is 9.21. The average molecular weight is 342 g/mol. The number of alkyl halides is 3. The Hall–Kier alpha value is -2.09. The fourth-order valence-corrected chi connectivity index (χ4v) is 2.41. The molecule has 0 saturated carbocycles. The second kappa shape index (κ2) is 6.99. The normalized spacial score (nSPS) is 11.5. The molecule has 0 radical (unpaired) electrons. The molecule has 0 atom stereocenters. The van der Waals surface area contributed by atoms with Gasteiger partial charge in [-0.1, -0.05) is 23.9 Å². The molecule has 2 rings (SSSR count). The molecule has 8 heteroatoms. The minimum absolute atomic E-state index is 0.0496. The van der Waals surface area contributed by atoms with Gasteiger partial charge in [0.15, 0.2) is 5.16 Å². The number of aryl methyl sites for hydroxylation is 2. The minimum Gasteiger partial charge on any atom is -0.478 e. The molecule has 1 N–H and O–H groups in total. The fourth-order valence-electron chi connectivity index (χ4n) is 2.05. The SMILES string of the molecule is CSc1ncc(C(F)(F)F)c(CCc2cccc(C(=O)O)c2)n1. The first-order chi connectivity index (χ1) is 10.8. The number of halogens is 3. The molecule has 0 fully saturated rings. The van der Waals surface area contributed by atoms with E-state index >= 15 is 0 Å². The molecule has 1 heterocycles. The van der Waals surface area contributed by atoms with Crippen LogP contribution >= 0.6 is 11.8 Å². The lowest BCUT2D eigenvalue weighted by atomic mass is 10.0. The number of hydrogen-bond acceptors (Lipinski definition) is 4. The van der Waals surface area contributed by atoms with Crippen molar-refractivity contribution in [1.29, 1.82) is 0 Å². The molecule has 0 spiro atoms. The van der Waals surface area contributed by atoms with Crippen molar-refractivity contribution in [2.24, 2.45) is 0 Å². The number of nitrogens with zero attached hydrogens (tertiary/aromatic N) is 2. The highest BCUT2D eigenvalue weighted by Gasteiger charge is 2.34. The van der Waals surface area contributed by atoms with E-state index in [2.05, 4.69) is 9.97 Å². The molecule has 23 heavy (non-hydrogen) atoms. The fraction of sp³-hybridized carbons (Fsp3) is 0.267. The predicted octanol–water partition coefficient (Wildman–Crippen LogP) is 3.70. The number of aromatic carboxylic acids is 1. The van der Waals surface area contributed by atoms with Crippen LogP contribution in [0.3, 0.4) is 0 Å². The smallest absolute Gasteiger partial charge is 0.419 e. The van der Waals surface area contributed by atoms with Crippen molar-refractivity contribution in [3.8, 4) is 0 Å². The van der Waals surface area contributed by atoms with Crippen LogP contribution in [0.15, 0.2) is 35.6 Å². The molecule has 0 saturated heterocycles. The van der Waals surface area contributed by atoms with Gasteiger partial charge in [-0.2, -0.15) is 13.2 Å². The van der Waals surface area contributed by atoms with E-state index in [1.54, 1.807) is 18.4 Å². The van der Waals surface area contributed by atoms with Crippen molar-refractivity contribution in [2.45, 2.75) is 24.2 Å². The number of benzene rings is 1.